The summed E-state index contributed by atoms with van der Waals surface area (Å²) in [6, 6.07) is 0. The molecule has 0 spiro atoms. The number of aromatic nitrogens is 1. The average molecular weight is 292 g/mol. The van der Waals surface area contributed by atoms with Gasteiger partial charge in [0.2, 0.25) is 10.0 Å². The van der Waals surface area contributed by atoms with Crippen LogP contribution in [0.1, 0.15) is 24.0 Å². The van der Waals surface area contributed by atoms with E-state index in [1.54, 1.807) is 19.2 Å². The minimum absolute atomic E-state index is 0.206. The lowest BCUT2D eigenvalue weighted by Gasteiger charge is -2.18. The van der Waals surface area contributed by atoms with Crippen molar-refractivity contribution in [2.75, 3.05) is 13.1 Å². The molecule has 0 unspecified atom stereocenters. The van der Waals surface area contributed by atoms with E-state index in [0.29, 0.717) is 12.1 Å². The monoisotopic (exact) mass is 292 g/mol. The van der Waals surface area contributed by atoms with Crippen LogP contribution >= 0.6 is 11.3 Å². The van der Waals surface area contributed by atoms with Crippen molar-refractivity contribution in [3.63, 3.8) is 0 Å². The van der Waals surface area contributed by atoms with Crippen LogP contribution in [0, 0.1) is 6.92 Å². The molecule has 0 bridgehead atoms. The van der Waals surface area contributed by atoms with Crippen LogP contribution in [0.3, 0.4) is 0 Å². The highest BCUT2D eigenvalue weighted by Crippen LogP contribution is 2.14. The van der Waals surface area contributed by atoms with Crippen molar-refractivity contribution in [1.82, 2.24) is 9.29 Å². The number of carboxylic acids is 1. The topological polar surface area (TPSA) is 87.6 Å². The number of sulfonamides is 1. The van der Waals surface area contributed by atoms with Crippen LogP contribution in [0.25, 0.3) is 0 Å². The number of hydrogen-bond acceptors (Lipinski definition) is 5. The lowest BCUT2D eigenvalue weighted by atomic mass is 10.5. The normalized spacial score (nSPS) is 11.9. The van der Waals surface area contributed by atoms with Gasteiger partial charge in [0.05, 0.1) is 10.7 Å². The Bertz CT molecular complexity index is 510. The molecule has 1 aromatic heterocycles. The first-order valence-electron chi connectivity index (χ1n) is 5.45. The summed E-state index contributed by atoms with van der Waals surface area (Å²) in [5, 5.41) is 11.2. The van der Waals surface area contributed by atoms with E-state index in [2.05, 4.69) is 4.98 Å². The summed E-state index contributed by atoms with van der Waals surface area (Å²) >= 11 is 1.37. The molecule has 0 aliphatic carbocycles. The van der Waals surface area contributed by atoms with Gasteiger partial charge in [-0.3, -0.25) is 4.79 Å². The number of aryl methyl sites for hydroxylation is 1. The van der Waals surface area contributed by atoms with Gasteiger partial charge in [0.25, 0.3) is 0 Å². The fourth-order valence-corrected chi connectivity index (χ4v) is 3.66. The Kier molecular flexibility index (Phi) is 5.24. The van der Waals surface area contributed by atoms with Gasteiger partial charge in [-0.25, -0.2) is 13.4 Å². The highest BCUT2D eigenvalue weighted by molar-refractivity contribution is 7.88. The van der Waals surface area contributed by atoms with Crippen LogP contribution in [0.5, 0.6) is 0 Å². The van der Waals surface area contributed by atoms with Crippen LogP contribution in [0.4, 0.5) is 0 Å². The van der Waals surface area contributed by atoms with E-state index in [-0.39, 0.29) is 12.3 Å². The van der Waals surface area contributed by atoms with E-state index < -0.39 is 22.5 Å². The van der Waals surface area contributed by atoms with Crippen molar-refractivity contribution in [2.24, 2.45) is 0 Å². The molecule has 0 aliphatic rings. The van der Waals surface area contributed by atoms with Crippen molar-refractivity contribution in [3.05, 3.63) is 16.1 Å². The number of rotatable bonds is 7. The number of nitrogens with zero attached hydrogens (tertiary/aromatic N) is 2. The van der Waals surface area contributed by atoms with Gasteiger partial charge < -0.3 is 5.11 Å². The van der Waals surface area contributed by atoms with E-state index in [1.807, 2.05) is 0 Å². The second-order valence-electron chi connectivity index (χ2n) is 3.84. The molecule has 18 heavy (non-hydrogen) atoms. The molecule has 102 valence electrons. The predicted molar refractivity (Wildman–Crippen MR) is 69.0 cm³/mol. The van der Waals surface area contributed by atoms with Crippen molar-refractivity contribution < 1.29 is 18.3 Å². The van der Waals surface area contributed by atoms with Gasteiger partial charge >= 0.3 is 5.97 Å². The molecule has 1 aromatic rings. The molecule has 0 radical (unpaired) electrons. The lowest BCUT2D eigenvalue weighted by molar-refractivity contribution is -0.137. The third-order valence-electron chi connectivity index (χ3n) is 2.17. The summed E-state index contributed by atoms with van der Waals surface area (Å²) in [5.74, 6) is -1.40. The molecule has 0 amide bonds. The molecule has 0 saturated heterocycles. The van der Waals surface area contributed by atoms with E-state index >= 15 is 0 Å². The molecule has 1 N–H and O–H groups in total. The number of carbonyl (C=O) groups is 1. The zero-order valence-corrected chi connectivity index (χ0v) is 11.9. The van der Waals surface area contributed by atoms with E-state index in [0.717, 1.165) is 9.31 Å². The zero-order valence-electron chi connectivity index (χ0n) is 10.3. The largest absolute Gasteiger partial charge is 0.480 e. The van der Waals surface area contributed by atoms with Crippen molar-refractivity contribution in [3.8, 4) is 0 Å². The van der Waals surface area contributed by atoms with Crippen molar-refractivity contribution in [2.45, 2.75) is 26.0 Å². The Morgan fingerprint density at radius 3 is 2.67 bits per heavy atom. The number of carboxylic acid groups (broad SMARTS) is 1. The fraction of sp³-hybridized carbons (Fsp3) is 0.600. The van der Waals surface area contributed by atoms with Crippen LogP contribution in [0.15, 0.2) is 5.38 Å². The minimum atomic E-state index is -3.62. The molecule has 1 heterocycles. The van der Waals surface area contributed by atoms with Crippen molar-refractivity contribution >= 4 is 27.3 Å². The third-order valence-corrected chi connectivity index (χ3v) is 4.76. The van der Waals surface area contributed by atoms with Gasteiger partial charge in [0, 0.05) is 11.9 Å². The second kappa shape index (κ2) is 6.26. The molecular formula is C10H16N2O4S2. The molecule has 0 aromatic carbocycles. The maximum atomic E-state index is 12.1. The standard InChI is InChI=1S/C10H16N2O4S2/c1-3-4-12(5-10(13)14)18(15,16)7-9-6-17-8(2)11-9/h6H,3-5,7H2,1-2H3,(H,13,14). The van der Waals surface area contributed by atoms with Gasteiger partial charge in [0.1, 0.15) is 12.3 Å². The second-order valence-corrected chi connectivity index (χ2v) is 6.87. The van der Waals surface area contributed by atoms with Gasteiger partial charge in [-0.2, -0.15) is 4.31 Å². The van der Waals surface area contributed by atoms with E-state index in [4.69, 9.17) is 5.11 Å². The summed E-state index contributed by atoms with van der Waals surface area (Å²) in [7, 11) is -3.62. The number of hydrogen-bond donors (Lipinski definition) is 1. The summed E-state index contributed by atoms with van der Waals surface area (Å²) < 4.78 is 25.1. The highest BCUT2D eigenvalue weighted by atomic mass is 32.2. The first-order chi connectivity index (χ1) is 8.35. The maximum Gasteiger partial charge on any atom is 0.318 e. The first-order valence-corrected chi connectivity index (χ1v) is 7.94. The molecule has 8 heteroatoms. The third kappa shape index (κ3) is 4.35. The quantitative estimate of drug-likeness (QED) is 0.812. The van der Waals surface area contributed by atoms with Gasteiger partial charge in [-0.05, 0) is 13.3 Å². The molecule has 0 aliphatic heterocycles. The van der Waals surface area contributed by atoms with Crippen LogP contribution in [-0.4, -0.2) is 41.9 Å². The molecule has 0 atom stereocenters. The van der Waals surface area contributed by atoms with Gasteiger partial charge in [0.15, 0.2) is 0 Å². The Morgan fingerprint density at radius 2 is 2.22 bits per heavy atom. The summed E-state index contributed by atoms with van der Waals surface area (Å²) in [6.07, 6.45) is 0.572. The minimum Gasteiger partial charge on any atom is -0.480 e. The van der Waals surface area contributed by atoms with E-state index in [9.17, 15) is 13.2 Å². The molecule has 1 rings (SSSR count). The lowest BCUT2D eigenvalue weighted by Crippen LogP contribution is -2.37. The number of thiazole rings is 1. The van der Waals surface area contributed by atoms with Crippen LogP contribution < -0.4 is 0 Å². The smallest absolute Gasteiger partial charge is 0.318 e. The first kappa shape index (κ1) is 15.1. The van der Waals surface area contributed by atoms with Crippen LogP contribution in [-0.2, 0) is 20.6 Å². The number of aliphatic carboxylic acids is 1. The maximum absolute atomic E-state index is 12.1. The molecule has 0 saturated carbocycles. The summed E-state index contributed by atoms with van der Waals surface area (Å²) in [6.45, 7) is 3.30. The fourth-order valence-electron chi connectivity index (χ4n) is 1.47. The molecule has 6 nitrogen and oxygen atoms in total. The summed E-state index contributed by atoms with van der Waals surface area (Å²) in [4.78, 5) is 14.8. The Hall–Kier alpha value is -0.990. The van der Waals surface area contributed by atoms with Crippen molar-refractivity contribution in [1.29, 1.82) is 0 Å². The Balaban J connectivity index is 2.84. The Labute approximate surface area is 110 Å². The van der Waals surface area contributed by atoms with Gasteiger partial charge in [-0.1, -0.05) is 6.92 Å². The molecular weight excluding hydrogens is 276 g/mol. The average Bonchev–Trinajstić information content (AvgIpc) is 2.62. The van der Waals surface area contributed by atoms with Gasteiger partial charge in [-0.15, -0.1) is 11.3 Å². The van der Waals surface area contributed by atoms with E-state index in [1.165, 1.54) is 11.3 Å². The Morgan fingerprint density at radius 1 is 1.56 bits per heavy atom. The predicted octanol–water partition coefficient (Wildman–Crippen LogP) is 1.08. The van der Waals surface area contributed by atoms with Crippen LogP contribution in [0.2, 0.25) is 0 Å². The SMILES string of the molecule is CCCN(CC(=O)O)S(=O)(=O)Cc1csc(C)n1. The highest BCUT2D eigenvalue weighted by Gasteiger charge is 2.24. The zero-order chi connectivity index (χ0) is 13.8. The molecule has 0 fully saturated rings. The summed E-state index contributed by atoms with van der Waals surface area (Å²) in [5.41, 5.74) is 0.462.